The van der Waals surface area contributed by atoms with Gasteiger partial charge in [-0.1, -0.05) is 0 Å². The van der Waals surface area contributed by atoms with Crippen molar-refractivity contribution in [3.8, 4) is 0 Å². The Morgan fingerprint density at radius 1 is 1.54 bits per heavy atom. The van der Waals surface area contributed by atoms with Gasteiger partial charge in [0.1, 0.15) is 6.04 Å². The minimum atomic E-state index is -0.797. The first kappa shape index (κ1) is 18.3. The molecule has 0 unspecified atom stereocenters. The van der Waals surface area contributed by atoms with Crippen molar-refractivity contribution in [3.63, 3.8) is 0 Å². The van der Waals surface area contributed by atoms with Crippen LogP contribution in [-0.4, -0.2) is 73.6 Å². The monoisotopic (exact) mass is 379 g/mol. The first-order valence-electron chi connectivity index (χ1n) is 7.84. The quantitative estimate of drug-likeness (QED) is 0.556. The Bertz CT molecular complexity index is 760. The van der Waals surface area contributed by atoms with Gasteiger partial charge < -0.3 is 14.8 Å². The van der Waals surface area contributed by atoms with Crippen molar-refractivity contribution in [1.29, 1.82) is 0 Å². The van der Waals surface area contributed by atoms with Crippen molar-refractivity contribution in [1.82, 2.24) is 15.2 Å². The Labute approximate surface area is 152 Å². The number of esters is 1. The van der Waals surface area contributed by atoms with E-state index in [4.69, 9.17) is 9.47 Å². The molecule has 0 bridgehead atoms. The van der Waals surface area contributed by atoms with Crippen LogP contribution >= 0.6 is 11.3 Å². The minimum absolute atomic E-state index is 0.0822. The lowest BCUT2D eigenvalue weighted by molar-refractivity contribution is -0.136. The van der Waals surface area contributed by atoms with Gasteiger partial charge in [-0.25, -0.2) is 9.78 Å². The Morgan fingerprint density at radius 2 is 2.38 bits per heavy atom. The molecular weight excluding hydrogens is 362 g/mol. The normalized spacial score (nSPS) is 21.0. The van der Waals surface area contributed by atoms with E-state index in [9.17, 15) is 14.5 Å². The SMILES string of the molecule is COC(=O)C1=C(CN2CCOC[C@H]2C(=O)N=O)NC(c2nccs2)=NC1. The van der Waals surface area contributed by atoms with E-state index in [0.717, 1.165) is 0 Å². The predicted molar refractivity (Wildman–Crippen MR) is 92.7 cm³/mol. The van der Waals surface area contributed by atoms with Crippen molar-refractivity contribution in [2.75, 3.05) is 40.0 Å². The zero-order valence-corrected chi connectivity index (χ0v) is 14.8. The highest BCUT2D eigenvalue weighted by Gasteiger charge is 2.33. The molecule has 26 heavy (non-hydrogen) atoms. The van der Waals surface area contributed by atoms with Crippen LogP contribution in [0.3, 0.4) is 0 Å². The maximum absolute atomic E-state index is 12.1. The van der Waals surface area contributed by atoms with Crippen LogP contribution < -0.4 is 5.32 Å². The smallest absolute Gasteiger partial charge is 0.337 e. The maximum Gasteiger partial charge on any atom is 0.337 e. The summed E-state index contributed by atoms with van der Waals surface area (Å²) in [5, 5.41) is 8.15. The van der Waals surface area contributed by atoms with Gasteiger partial charge in [0.25, 0.3) is 0 Å². The molecule has 138 valence electrons. The Hall–Kier alpha value is -2.50. The second kappa shape index (κ2) is 8.25. The van der Waals surface area contributed by atoms with Crippen LogP contribution in [-0.2, 0) is 19.1 Å². The number of ether oxygens (including phenoxy) is 2. The van der Waals surface area contributed by atoms with Gasteiger partial charge in [0.05, 0.1) is 32.4 Å². The molecule has 1 fully saturated rings. The lowest BCUT2D eigenvalue weighted by atomic mass is 10.1. The van der Waals surface area contributed by atoms with Crippen molar-refractivity contribution in [2.24, 2.45) is 10.2 Å². The summed E-state index contributed by atoms with van der Waals surface area (Å²) in [6.07, 6.45) is 1.66. The van der Waals surface area contributed by atoms with Crippen LogP contribution in [0.5, 0.6) is 0 Å². The zero-order valence-electron chi connectivity index (χ0n) is 14.0. The van der Waals surface area contributed by atoms with Gasteiger partial charge >= 0.3 is 11.9 Å². The number of hydrogen-bond acceptors (Lipinski definition) is 10. The average molecular weight is 379 g/mol. The molecule has 3 rings (SSSR count). The van der Waals surface area contributed by atoms with E-state index in [2.05, 4.69) is 20.5 Å². The second-order valence-corrected chi connectivity index (χ2v) is 6.46. The van der Waals surface area contributed by atoms with Gasteiger partial charge in [0.15, 0.2) is 10.8 Å². The maximum atomic E-state index is 12.1. The Kier molecular flexibility index (Phi) is 5.81. The lowest BCUT2D eigenvalue weighted by Crippen LogP contribution is -2.51. The number of aromatic nitrogens is 1. The highest BCUT2D eigenvalue weighted by Crippen LogP contribution is 2.18. The molecule has 2 aliphatic rings. The van der Waals surface area contributed by atoms with Crippen molar-refractivity contribution in [2.45, 2.75) is 6.04 Å². The fourth-order valence-corrected chi connectivity index (χ4v) is 3.34. The summed E-state index contributed by atoms with van der Waals surface area (Å²) in [5.74, 6) is -0.749. The minimum Gasteiger partial charge on any atom is -0.466 e. The molecule has 1 aromatic rings. The van der Waals surface area contributed by atoms with Crippen LogP contribution in [0.1, 0.15) is 5.01 Å². The molecule has 1 atom stereocenters. The molecule has 3 heterocycles. The number of carbonyl (C=O) groups is 2. The zero-order chi connectivity index (χ0) is 18.5. The average Bonchev–Trinajstić information content (AvgIpc) is 3.22. The van der Waals surface area contributed by atoms with E-state index >= 15 is 0 Å². The summed E-state index contributed by atoms with van der Waals surface area (Å²) in [4.78, 5) is 44.9. The van der Waals surface area contributed by atoms with Crippen molar-refractivity contribution < 1.29 is 19.1 Å². The van der Waals surface area contributed by atoms with Gasteiger partial charge in [-0.3, -0.25) is 14.7 Å². The molecule has 1 amide bonds. The molecule has 1 saturated heterocycles. The summed E-state index contributed by atoms with van der Waals surface area (Å²) in [7, 11) is 1.30. The number of rotatable bonds is 5. The molecule has 1 N–H and O–H groups in total. The predicted octanol–water partition coefficient (Wildman–Crippen LogP) is -0.0862. The van der Waals surface area contributed by atoms with E-state index in [1.807, 2.05) is 5.38 Å². The standard InChI is InChI=1S/C15H17N5O5S/c1-24-15(22)9-6-17-12(14-16-2-5-26-14)18-10(9)7-20-3-4-25-8-11(20)13(21)19-23/h2,5,11H,3-4,6-8H2,1H3,(H,17,18)/t11-/m0/s1. The van der Waals surface area contributed by atoms with Gasteiger partial charge in [0, 0.05) is 35.5 Å². The molecule has 1 aromatic heterocycles. The highest BCUT2D eigenvalue weighted by atomic mass is 32.1. The molecule has 0 spiro atoms. The number of carbonyl (C=O) groups excluding carboxylic acids is 2. The number of amidine groups is 1. The third kappa shape index (κ3) is 3.84. The molecule has 10 nitrogen and oxygen atoms in total. The molecular formula is C15H17N5O5S. The van der Waals surface area contributed by atoms with Crippen LogP contribution in [0.15, 0.2) is 33.0 Å². The number of thiazole rings is 1. The Morgan fingerprint density at radius 3 is 3.08 bits per heavy atom. The summed E-state index contributed by atoms with van der Waals surface area (Å²) in [5.41, 5.74) is 0.923. The molecule has 0 radical (unpaired) electrons. The van der Waals surface area contributed by atoms with E-state index in [0.29, 0.717) is 35.3 Å². The molecule has 0 saturated carbocycles. The van der Waals surface area contributed by atoms with Gasteiger partial charge in [0.2, 0.25) is 0 Å². The van der Waals surface area contributed by atoms with Crippen LogP contribution in [0.25, 0.3) is 0 Å². The van der Waals surface area contributed by atoms with Gasteiger partial charge in [-0.15, -0.1) is 16.2 Å². The third-order valence-electron chi connectivity index (χ3n) is 4.07. The summed E-state index contributed by atoms with van der Waals surface area (Å²) < 4.78 is 10.1. The second-order valence-electron chi connectivity index (χ2n) is 5.57. The fourth-order valence-electron chi connectivity index (χ4n) is 2.74. The van der Waals surface area contributed by atoms with Crippen molar-refractivity contribution in [3.05, 3.63) is 32.8 Å². The van der Waals surface area contributed by atoms with Crippen LogP contribution in [0, 0.1) is 4.91 Å². The lowest BCUT2D eigenvalue weighted by Gasteiger charge is -2.34. The topological polar surface area (TPSA) is 123 Å². The molecule has 0 aliphatic carbocycles. The summed E-state index contributed by atoms with van der Waals surface area (Å²) in [6, 6.07) is -0.781. The van der Waals surface area contributed by atoms with Gasteiger partial charge in [-0.2, -0.15) is 0 Å². The first-order chi connectivity index (χ1) is 12.6. The number of hydrogen-bond donors (Lipinski definition) is 1. The third-order valence-corrected chi connectivity index (χ3v) is 4.85. The van der Waals surface area contributed by atoms with E-state index in [1.165, 1.54) is 18.4 Å². The molecule has 11 heteroatoms. The van der Waals surface area contributed by atoms with Crippen molar-refractivity contribution >= 4 is 29.0 Å². The number of morpholine rings is 1. The molecule has 0 aromatic carbocycles. The largest absolute Gasteiger partial charge is 0.466 e. The summed E-state index contributed by atoms with van der Waals surface area (Å²) >= 11 is 1.41. The number of nitrogens with zero attached hydrogens (tertiary/aromatic N) is 4. The molecule has 2 aliphatic heterocycles. The highest BCUT2D eigenvalue weighted by molar-refractivity contribution is 7.11. The number of nitroso groups, excluding NO2 is 1. The number of methoxy groups -OCH3 is 1. The van der Waals surface area contributed by atoms with Crippen LogP contribution in [0.4, 0.5) is 0 Å². The van der Waals surface area contributed by atoms with E-state index in [-0.39, 0.29) is 19.7 Å². The summed E-state index contributed by atoms with van der Waals surface area (Å²) in [6.45, 7) is 1.29. The van der Waals surface area contributed by atoms with E-state index < -0.39 is 17.9 Å². The fraction of sp³-hybridized carbons (Fsp3) is 0.467. The Balaban J connectivity index is 1.84. The first-order valence-corrected chi connectivity index (χ1v) is 8.72. The van der Waals surface area contributed by atoms with E-state index in [1.54, 1.807) is 11.1 Å². The number of nitrogens with one attached hydrogen (secondary N) is 1. The number of aliphatic imine (C=N–C) groups is 1. The van der Waals surface area contributed by atoms with Crippen LogP contribution in [0.2, 0.25) is 0 Å². The van der Waals surface area contributed by atoms with Gasteiger partial charge in [-0.05, 0) is 0 Å². The number of amides is 1.